The molecule has 2 saturated carbocycles. The molecule has 9 nitrogen and oxygen atoms in total. The number of hydrogen-bond acceptors (Lipinski definition) is 8. The van der Waals surface area contributed by atoms with Gasteiger partial charge in [-0.25, -0.2) is 17.6 Å². The number of phenolic OH excluding ortho intramolecular Hbond substituents is 1. The van der Waals surface area contributed by atoms with Crippen LogP contribution in [0.15, 0.2) is 30.5 Å². The summed E-state index contributed by atoms with van der Waals surface area (Å²) in [5.74, 6) is -5.31. The Hall–Kier alpha value is -4.91. The number of fused-ring (bicyclic) bond motifs is 5. The Morgan fingerprint density at radius 2 is 1.74 bits per heavy atom. The van der Waals surface area contributed by atoms with Gasteiger partial charge in [0.1, 0.15) is 28.6 Å². The average molecular weight is 741 g/mol. The normalized spacial score (nSPS) is 25.5. The van der Waals surface area contributed by atoms with Gasteiger partial charge in [-0.3, -0.25) is 9.78 Å². The molecule has 3 saturated heterocycles. The predicted molar refractivity (Wildman–Crippen MR) is 177 cm³/mol. The van der Waals surface area contributed by atoms with Crippen molar-refractivity contribution >= 4 is 33.4 Å². The minimum absolute atomic E-state index is 0.00187. The smallest absolute Gasteiger partial charge is 0.471 e. The molecule has 4 atom stereocenters. The Balaban J connectivity index is 1.10. The van der Waals surface area contributed by atoms with Crippen molar-refractivity contribution in [2.24, 2.45) is 17.3 Å². The molecular weight excluding hydrogens is 709 g/mol. The Kier molecular flexibility index (Phi) is 7.38. The predicted octanol–water partition coefficient (Wildman–Crippen LogP) is 5.91. The molecule has 0 radical (unpaired) electrons. The first-order valence-corrected chi connectivity index (χ1v) is 17.3. The fraction of sp³-hybridized carbons (Fsp3) is 0.459. The van der Waals surface area contributed by atoms with Crippen LogP contribution in [0.1, 0.15) is 31.2 Å². The molecule has 5 aliphatic rings. The molecule has 3 aliphatic heterocycles. The summed E-state index contributed by atoms with van der Waals surface area (Å²) in [5.41, 5.74) is -1.07. The summed E-state index contributed by atoms with van der Waals surface area (Å²) in [7, 11) is 0. The van der Waals surface area contributed by atoms with E-state index >= 15 is 4.39 Å². The number of benzene rings is 2. The van der Waals surface area contributed by atoms with Gasteiger partial charge in [0, 0.05) is 67.1 Å². The number of halogens is 7. The van der Waals surface area contributed by atoms with E-state index in [1.807, 2.05) is 4.90 Å². The van der Waals surface area contributed by atoms with E-state index in [9.17, 15) is 36.2 Å². The van der Waals surface area contributed by atoms with Gasteiger partial charge in [0.25, 0.3) is 5.92 Å². The van der Waals surface area contributed by atoms with Crippen molar-refractivity contribution < 1.29 is 45.4 Å². The summed E-state index contributed by atoms with van der Waals surface area (Å²) in [6.45, 7) is 1.20. The lowest BCUT2D eigenvalue weighted by Gasteiger charge is -2.42. The first-order chi connectivity index (χ1) is 25.2. The minimum atomic E-state index is -5.04. The van der Waals surface area contributed by atoms with Crippen molar-refractivity contribution in [3.05, 3.63) is 47.7 Å². The Bertz CT molecular complexity index is 2230. The lowest BCUT2D eigenvalue weighted by Crippen LogP contribution is -2.59. The highest BCUT2D eigenvalue weighted by Gasteiger charge is 2.71. The first kappa shape index (κ1) is 33.9. The van der Waals surface area contributed by atoms with Gasteiger partial charge in [-0.2, -0.15) is 23.1 Å². The summed E-state index contributed by atoms with van der Waals surface area (Å²) >= 11 is 0. The number of piperidine rings is 1. The van der Waals surface area contributed by atoms with Gasteiger partial charge in [-0.1, -0.05) is 12.0 Å². The number of pyridine rings is 1. The number of piperazine rings is 1. The molecule has 16 heteroatoms. The van der Waals surface area contributed by atoms with Crippen LogP contribution in [0.3, 0.4) is 0 Å². The van der Waals surface area contributed by atoms with Gasteiger partial charge in [-0.15, -0.1) is 6.42 Å². The van der Waals surface area contributed by atoms with Gasteiger partial charge in [0.2, 0.25) is 0 Å². The highest BCUT2D eigenvalue weighted by molar-refractivity contribution is 6.03. The van der Waals surface area contributed by atoms with Gasteiger partial charge in [-0.05, 0) is 49.3 Å². The standard InChI is InChI=1S/C37H31F7N6O3/c1-2-22-27(38)6-3-18-9-21(51)10-23(28(18)22)30-29(39)31-24(11-45-30)32(49-12-19-4-5-20(13-49)50(19)33(52)37(42,43)44)47-34(46-31)53-17-35(7-8-35)16-48-14-25-26(15-48)36(25,40)41/h1,3,6,9-11,19-20,25-26,51H,4-5,7-8,12-17H2/t19-,20+,25?,26?. The molecule has 2 aliphatic carbocycles. The van der Waals surface area contributed by atoms with Crippen molar-refractivity contribution in [1.82, 2.24) is 24.8 Å². The second-order valence-electron chi connectivity index (χ2n) is 15.0. The number of hydrogen-bond donors (Lipinski definition) is 1. The number of likely N-dealkylation sites (tertiary alicyclic amines) is 1. The fourth-order valence-electron chi connectivity index (χ4n) is 8.76. The van der Waals surface area contributed by atoms with Gasteiger partial charge < -0.3 is 24.5 Å². The van der Waals surface area contributed by atoms with Crippen molar-refractivity contribution in [2.45, 2.75) is 49.9 Å². The number of ether oxygens (including phenoxy) is 1. The first-order valence-electron chi connectivity index (χ1n) is 17.3. The van der Waals surface area contributed by atoms with Crippen molar-refractivity contribution in [2.75, 3.05) is 44.2 Å². The largest absolute Gasteiger partial charge is 0.508 e. The molecule has 2 bridgehead atoms. The second-order valence-corrected chi connectivity index (χ2v) is 15.0. The number of alkyl halides is 5. The SMILES string of the molecule is C#Cc1c(F)ccc2cc(O)cc(-c3ncc4c(N5C[C@H]6CC[C@@H](C5)N6C(=O)C(F)(F)F)nc(OCC5(CN6CC7C(C6)C7(F)F)CC5)nc4c3F)c12. The number of carbonyl (C=O) groups is 1. The Labute approximate surface area is 297 Å². The minimum Gasteiger partial charge on any atom is -0.508 e. The van der Waals surface area contributed by atoms with Crippen molar-refractivity contribution in [3.8, 4) is 35.4 Å². The highest BCUT2D eigenvalue weighted by atomic mass is 19.4. The Morgan fingerprint density at radius 1 is 1.04 bits per heavy atom. The summed E-state index contributed by atoms with van der Waals surface area (Å²) in [5, 5.41) is 11.1. The van der Waals surface area contributed by atoms with E-state index in [-0.39, 0.29) is 75.8 Å². The third-order valence-electron chi connectivity index (χ3n) is 11.7. The molecule has 2 aromatic carbocycles. The van der Waals surface area contributed by atoms with E-state index in [0.29, 0.717) is 37.9 Å². The Morgan fingerprint density at radius 3 is 2.38 bits per heavy atom. The zero-order chi connectivity index (χ0) is 37.2. The monoisotopic (exact) mass is 740 g/mol. The van der Waals surface area contributed by atoms with Crippen LogP contribution in [0.2, 0.25) is 0 Å². The summed E-state index contributed by atoms with van der Waals surface area (Å²) < 4.78 is 106. The number of aromatic nitrogens is 3. The summed E-state index contributed by atoms with van der Waals surface area (Å²) in [6.07, 6.45) is 4.11. The molecule has 276 valence electrons. The van der Waals surface area contributed by atoms with Crippen LogP contribution < -0.4 is 9.64 Å². The molecule has 1 amide bonds. The molecule has 2 unspecified atom stereocenters. The van der Waals surface area contributed by atoms with E-state index in [1.165, 1.54) is 24.4 Å². The molecule has 9 rings (SSSR count). The topological polar surface area (TPSA) is 94.9 Å². The van der Waals surface area contributed by atoms with Gasteiger partial charge in [0.15, 0.2) is 5.82 Å². The molecule has 5 fully saturated rings. The van der Waals surface area contributed by atoms with Crippen molar-refractivity contribution in [3.63, 3.8) is 0 Å². The number of anilines is 1. The lowest BCUT2D eigenvalue weighted by molar-refractivity contribution is -0.188. The maximum atomic E-state index is 16.9. The van der Waals surface area contributed by atoms with Crippen LogP contribution >= 0.6 is 0 Å². The van der Waals surface area contributed by atoms with Gasteiger partial charge >= 0.3 is 18.1 Å². The van der Waals surface area contributed by atoms with Crippen LogP contribution in [0, 0.1) is 41.2 Å². The zero-order valence-corrected chi connectivity index (χ0v) is 27.9. The van der Waals surface area contributed by atoms with Gasteiger partial charge in [0.05, 0.1) is 29.6 Å². The zero-order valence-electron chi connectivity index (χ0n) is 27.9. The fourth-order valence-corrected chi connectivity index (χ4v) is 8.76. The molecular formula is C37H31F7N6O3. The number of amides is 1. The number of phenols is 1. The molecule has 5 heterocycles. The number of terminal acetylenes is 1. The van der Waals surface area contributed by atoms with E-state index in [2.05, 4.69) is 20.9 Å². The summed E-state index contributed by atoms with van der Waals surface area (Å²) in [6, 6.07) is 3.31. The quantitative estimate of drug-likeness (QED) is 0.185. The van der Waals surface area contributed by atoms with E-state index in [0.717, 1.165) is 23.8 Å². The second kappa shape index (κ2) is 11.5. The van der Waals surface area contributed by atoms with E-state index < -0.39 is 53.6 Å². The average Bonchev–Trinajstić information content (AvgIpc) is 3.85. The molecule has 53 heavy (non-hydrogen) atoms. The molecule has 4 aromatic rings. The van der Waals surface area contributed by atoms with Crippen LogP contribution in [-0.2, 0) is 4.79 Å². The lowest BCUT2D eigenvalue weighted by atomic mass is 9.96. The van der Waals surface area contributed by atoms with Crippen LogP contribution in [0.5, 0.6) is 11.8 Å². The maximum Gasteiger partial charge on any atom is 0.471 e. The maximum absolute atomic E-state index is 16.9. The van der Waals surface area contributed by atoms with E-state index in [4.69, 9.17) is 11.2 Å². The van der Waals surface area contributed by atoms with Crippen LogP contribution in [-0.4, -0.2) is 99.3 Å². The van der Waals surface area contributed by atoms with Crippen LogP contribution in [0.4, 0.5) is 36.6 Å². The number of rotatable bonds is 7. The molecule has 1 N–H and O–H groups in total. The number of nitrogens with zero attached hydrogens (tertiary/aromatic N) is 6. The third kappa shape index (κ3) is 5.49. The van der Waals surface area contributed by atoms with Crippen LogP contribution in [0.25, 0.3) is 32.9 Å². The third-order valence-corrected chi connectivity index (χ3v) is 11.7. The number of carbonyl (C=O) groups excluding carboxylic acids is 1. The molecule has 2 aromatic heterocycles. The molecule has 0 spiro atoms. The van der Waals surface area contributed by atoms with E-state index in [1.54, 1.807) is 4.90 Å². The highest BCUT2D eigenvalue weighted by Crippen LogP contribution is 2.60. The van der Waals surface area contributed by atoms with Crippen molar-refractivity contribution in [1.29, 1.82) is 0 Å². The summed E-state index contributed by atoms with van der Waals surface area (Å²) in [4.78, 5) is 30.3. The number of aromatic hydroxyl groups is 1.